The van der Waals surface area contributed by atoms with Crippen molar-refractivity contribution >= 4 is 46.5 Å². The molecule has 0 saturated carbocycles. The van der Waals surface area contributed by atoms with Crippen molar-refractivity contribution in [2.45, 2.75) is 83.1 Å². The van der Waals surface area contributed by atoms with Gasteiger partial charge in [0.15, 0.2) is 0 Å². The first kappa shape index (κ1) is 31.4. The zero-order valence-electron chi connectivity index (χ0n) is 27.3. The molecule has 0 aliphatic carbocycles. The molecule has 0 amide bonds. The van der Waals surface area contributed by atoms with Gasteiger partial charge < -0.3 is 0 Å². The monoisotopic (exact) mass is 665 g/mol. The molecule has 3 heteroatoms. The second kappa shape index (κ2) is 12.4. The van der Waals surface area contributed by atoms with Gasteiger partial charge in [0.25, 0.3) is 0 Å². The molecule has 4 aromatic carbocycles. The molecule has 0 fully saturated rings. The van der Waals surface area contributed by atoms with E-state index in [0.717, 1.165) is 0 Å². The van der Waals surface area contributed by atoms with Crippen LogP contribution in [0.25, 0.3) is 0 Å². The molecule has 0 aliphatic heterocycles. The van der Waals surface area contributed by atoms with Gasteiger partial charge in [0.1, 0.15) is 0 Å². The fourth-order valence-corrected chi connectivity index (χ4v) is 21.5. The van der Waals surface area contributed by atoms with Gasteiger partial charge in [-0.25, -0.2) is 0 Å². The molecule has 4 rings (SSSR count). The van der Waals surface area contributed by atoms with Crippen molar-refractivity contribution in [1.29, 1.82) is 0 Å². The number of hydrogen-bond acceptors (Lipinski definition) is 1. The minimum absolute atomic E-state index is 1.28. The summed E-state index contributed by atoms with van der Waals surface area (Å²) in [5, 5.41) is 0. The molecule has 212 valence electrons. The van der Waals surface area contributed by atoms with Crippen LogP contribution in [0.5, 0.6) is 0 Å². The molecule has 41 heavy (non-hydrogen) atoms. The van der Waals surface area contributed by atoms with Crippen LogP contribution in [-0.4, -0.2) is 28.9 Å². The number of hydrogen-bond donors (Lipinski definition) is 1. The fourth-order valence-electron chi connectivity index (χ4n) is 7.19. The zero-order chi connectivity index (χ0) is 30.3. The van der Waals surface area contributed by atoms with Crippen LogP contribution in [0.2, 0.25) is 0 Å². The van der Waals surface area contributed by atoms with E-state index < -0.39 is 28.9 Å². The molecule has 4 aromatic rings. The third kappa shape index (κ3) is 6.47. The topological polar surface area (TPSA) is 12.0 Å². The molecule has 1 N–H and O–H groups in total. The molecule has 0 atom stereocenters. The third-order valence-electron chi connectivity index (χ3n) is 8.29. The van der Waals surface area contributed by atoms with Gasteiger partial charge in [-0.2, -0.15) is 0 Å². The summed E-state index contributed by atoms with van der Waals surface area (Å²) >= 11 is -4.57. The Morgan fingerprint density at radius 3 is 0.878 bits per heavy atom. The Morgan fingerprint density at radius 1 is 0.415 bits per heavy atom. The van der Waals surface area contributed by atoms with E-state index in [2.05, 4.69) is 136 Å². The minimum atomic E-state index is -2.29. The van der Waals surface area contributed by atoms with Crippen LogP contribution in [0.1, 0.15) is 66.8 Å². The van der Waals surface area contributed by atoms with Gasteiger partial charge >= 0.3 is 260 Å². The third-order valence-corrected chi connectivity index (χ3v) is 22.9. The summed E-state index contributed by atoms with van der Waals surface area (Å²) in [5.41, 5.74) is 16.6. The Labute approximate surface area is 258 Å². The van der Waals surface area contributed by atoms with Crippen LogP contribution in [0.15, 0.2) is 59.6 Å². The van der Waals surface area contributed by atoms with Crippen LogP contribution in [0.4, 0.5) is 0 Å². The molecule has 0 saturated heterocycles. The van der Waals surface area contributed by atoms with Gasteiger partial charge in [0.05, 0.1) is 0 Å². The average molecular weight is 663 g/mol. The van der Waals surface area contributed by atoms with Crippen LogP contribution in [0.3, 0.4) is 0 Å². The van der Waals surface area contributed by atoms with Crippen LogP contribution < -0.4 is 21.9 Å². The number of aryl methyl sites for hydroxylation is 12. The summed E-state index contributed by atoms with van der Waals surface area (Å²) in [6, 6.07) is 19.0. The van der Waals surface area contributed by atoms with Crippen molar-refractivity contribution in [2.75, 3.05) is 0 Å². The molecule has 0 heterocycles. The number of nitrogens with one attached hydrogen (secondary N) is 1. The van der Waals surface area contributed by atoms with E-state index in [1.54, 1.807) is 17.6 Å². The van der Waals surface area contributed by atoms with Crippen molar-refractivity contribution in [3.63, 3.8) is 0 Å². The molecule has 0 aliphatic rings. The van der Waals surface area contributed by atoms with E-state index in [0.29, 0.717) is 0 Å². The summed E-state index contributed by atoms with van der Waals surface area (Å²) in [6.45, 7) is 32.3. The number of benzene rings is 4. The normalized spacial score (nSPS) is 11.5. The second-order valence-corrected chi connectivity index (χ2v) is 21.6. The van der Waals surface area contributed by atoms with Crippen molar-refractivity contribution in [1.82, 2.24) is 4.27 Å². The predicted octanol–water partition coefficient (Wildman–Crippen LogP) is 6.45. The van der Waals surface area contributed by atoms with E-state index in [1.165, 1.54) is 71.3 Å². The molecule has 0 aromatic heterocycles. The van der Waals surface area contributed by atoms with Gasteiger partial charge in [-0.15, -0.1) is 0 Å². The Hall–Kier alpha value is -2.49. The van der Waals surface area contributed by atoms with Crippen LogP contribution in [0, 0.1) is 83.1 Å². The van der Waals surface area contributed by atoms with E-state index >= 15 is 0 Å². The van der Waals surface area contributed by atoms with Gasteiger partial charge in [-0.3, -0.25) is 0 Å². The molecule has 2 radical (unpaired) electrons. The first-order valence-electron chi connectivity index (χ1n) is 14.7. The Balaban J connectivity index is 1.99. The predicted molar refractivity (Wildman–Crippen MR) is 185 cm³/mol. The average Bonchev–Trinajstić information content (AvgIpc) is 2.80. The summed E-state index contributed by atoms with van der Waals surface area (Å²) in [7, 11) is 0. The Morgan fingerprint density at radius 2 is 0.634 bits per heavy atom. The zero-order valence-corrected chi connectivity index (χ0v) is 31.5. The summed E-state index contributed by atoms with van der Waals surface area (Å²) < 4.78 is 11.8. The molecule has 0 unspecified atom stereocenters. The molecular weight excluding hydrogens is 616 g/mol. The van der Waals surface area contributed by atoms with Crippen molar-refractivity contribution in [3.05, 3.63) is 126 Å². The van der Waals surface area contributed by atoms with Gasteiger partial charge in [0.2, 0.25) is 0 Å². The first-order chi connectivity index (χ1) is 19.2. The maximum atomic E-state index is 4.97. The quantitative estimate of drug-likeness (QED) is 0.225. The van der Waals surface area contributed by atoms with Gasteiger partial charge in [-0.1, -0.05) is 0 Å². The Bertz CT molecular complexity index is 1450. The SMILES string of the molecule is C=[C]([NH][Ge]([c]1c(C)cc(C)cc1C)[c]1c(C)cc(C)cc1C)[Ge]([c]1c(C)cc(C)cc1C)[c]1c(C)cc(C)cc1C. The molecule has 0 spiro atoms. The molecular formula is C38H47Ge2N. The molecule has 1 nitrogen and oxygen atoms in total. The van der Waals surface area contributed by atoms with Crippen LogP contribution in [-0.2, 0) is 0 Å². The second-order valence-electron chi connectivity index (χ2n) is 12.4. The molecule has 0 bridgehead atoms. The van der Waals surface area contributed by atoms with E-state index in [4.69, 9.17) is 6.58 Å². The van der Waals surface area contributed by atoms with Crippen molar-refractivity contribution < 1.29 is 0 Å². The number of rotatable bonds is 7. The first-order valence-corrected chi connectivity index (χ1v) is 21.0. The summed E-state index contributed by atoms with van der Waals surface area (Å²) in [4.78, 5) is 0. The van der Waals surface area contributed by atoms with Crippen LogP contribution >= 0.6 is 0 Å². The van der Waals surface area contributed by atoms with Crippen molar-refractivity contribution in [3.8, 4) is 0 Å². The fraction of sp³-hybridized carbons (Fsp3) is 0.316. The Kier molecular flexibility index (Phi) is 9.50. The summed E-state index contributed by atoms with van der Waals surface area (Å²) in [5.74, 6) is 0. The van der Waals surface area contributed by atoms with E-state index in [1.807, 2.05) is 0 Å². The summed E-state index contributed by atoms with van der Waals surface area (Å²) in [6.07, 6.45) is 0. The van der Waals surface area contributed by atoms with Gasteiger partial charge in [-0.05, 0) is 0 Å². The standard InChI is InChI=1S/C38H47Ge2N/c1-22-14-26(5)35(27(6)15-22)39(36-28(7)16-23(2)17-29(36)8)34(13)41-40(37-30(9)18-24(3)19-31(37)10)38-32(11)20-25(4)21-33(38)12/h14-21,41H,13H2,1-12H3. The van der Waals surface area contributed by atoms with E-state index in [9.17, 15) is 0 Å². The van der Waals surface area contributed by atoms with Crippen molar-refractivity contribution in [2.24, 2.45) is 0 Å². The maximum absolute atomic E-state index is 4.97. The van der Waals surface area contributed by atoms with Gasteiger partial charge in [0, 0.05) is 0 Å². The van der Waals surface area contributed by atoms with E-state index in [-0.39, 0.29) is 0 Å².